The van der Waals surface area contributed by atoms with Crippen LogP contribution in [-0.2, 0) is 28.9 Å². The summed E-state index contributed by atoms with van der Waals surface area (Å²) in [6.45, 7) is 8.42. The maximum absolute atomic E-state index is 13.2. The first-order valence-corrected chi connectivity index (χ1v) is 19.0. The lowest BCUT2D eigenvalue weighted by Gasteiger charge is -2.41. The normalized spacial score (nSPS) is 21.4. The summed E-state index contributed by atoms with van der Waals surface area (Å²) in [4.78, 5) is 27.6. The number of methoxy groups -OCH3 is 2. The van der Waals surface area contributed by atoms with Crippen molar-refractivity contribution in [2.45, 2.75) is 75.8 Å². The molecule has 2 saturated heterocycles. The molecule has 2 unspecified atom stereocenters. The van der Waals surface area contributed by atoms with Gasteiger partial charge in [0, 0.05) is 24.3 Å². The number of ether oxygens (including phenoxy) is 5. The Labute approximate surface area is 316 Å². The van der Waals surface area contributed by atoms with Gasteiger partial charge in [-0.3, -0.25) is 14.3 Å². The first-order valence-electron chi connectivity index (χ1n) is 17.9. The number of hydrogen-bond acceptors (Lipinski definition) is 11. The zero-order valence-electron chi connectivity index (χ0n) is 31.3. The van der Waals surface area contributed by atoms with Gasteiger partial charge in [0.2, 0.25) is 0 Å². The van der Waals surface area contributed by atoms with Gasteiger partial charge in [-0.25, -0.2) is 9.46 Å². The predicted molar refractivity (Wildman–Crippen MR) is 202 cm³/mol. The van der Waals surface area contributed by atoms with Crippen molar-refractivity contribution in [1.29, 1.82) is 5.26 Å². The number of hydrogen-bond donors (Lipinski definition) is 1. The third kappa shape index (κ3) is 7.74. The summed E-state index contributed by atoms with van der Waals surface area (Å²) in [6, 6.07) is 28.8. The summed E-state index contributed by atoms with van der Waals surface area (Å²) in [6.07, 6.45) is -0.968. The summed E-state index contributed by atoms with van der Waals surface area (Å²) in [5.74, 6) is 1.37. The maximum atomic E-state index is 13.2. The van der Waals surface area contributed by atoms with Crippen molar-refractivity contribution < 1.29 is 32.7 Å². The fourth-order valence-electron chi connectivity index (χ4n) is 7.20. The molecule has 2 bridgehead atoms. The van der Waals surface area contributed by atoms with Crippen LogP contribution in [0.2, 0.25) is 0 Å². The van der Waals surface area contributed by atoms with E-state index in [2.05, 4.69) is 43.4 Å². The molecule has 14 heteroatoms. The van der Waals surface area contributed by atoms with E-state index in [4.69, 9.17) is 32.7 Å². The molecule has 13 nitrogen and oxygen atoms in total. The second-order valence-electron chi connectivity index (χ2n) is 13.7. The zero-order valence-corrected chi connectivity index (χ0v) is 32.2. The molecule has 6 rings (SSSR count). The van der Waals surface area contributed by atoms with E-state index in [1.165, 1.54) is 16.8 Å². The highest BCUT2D eigenvalue weighted by Gasteiger charge is 2.65. The summed E-state index contributed by atoms with van der Waals surface area (Å²) >= 11 is 0. The van der Waals surface area contributed by atoms with Crippen molar-refractivity contribution >= 4 is 8.53 Å². The van der Waals surface area contributed by atoms with Gasteiger partial charge in [-0.2, -0.15) is 5.26 Å². The van der Waals surface area contributed by atoms with E-state index in [1.54, 1.807) is 14.2 Å². The zero-order chi connectivity index (χ0) is 38.5. The predicted octanol–water partition coefficient (Wildman–Crippen LogP) is 5.89. The summed E-state index contributed by atoms with van der Waals surface area (Å²) in [7, 11) is 1.48. The number of fused-ring (bicyclic) bond motifs is 2. The molecule has 3 heterocycles. The van der Waals surface area contributed by atoms with Gasteiger partial charge in [0.1, 0.15) is 34.9 Å². The minimum Gasteiger partial charge on any atom is -0.497 e. The highest BCUT2D eigenvalue weighted by atomic mass is 31.2. The van der Waals surface area contributed by atoms with Gasteiger partial charge >= 0.3 is 5.69 Å². The Hall–Kier alpha value is -4.38. The van der Waals surface area contributed by atoms with Crippen molar-refractivity contribution in [3.05, 3.63) is 129 Å². The molecule has 2 aliphatic rings. The second kappa shape index (κ2) is 17.0. The molecule has 3 aromatic carbocycles. The Kier molecular flexibility index (Phi) is 12.4. The molecule has 0 aliphatic carbocycles. The fourth-order valence-corrected chi connectivity index (χ4v) is 9.01. The Morgan fingerprint density at radius 3 is 2.06 bits per heavy atom. The van der Waals surface area contributed by atoms with Crippen LogP contribution in [0.1, 0.15) is 57.0 Å². The SMILES string of the molecule is COc1ccc(C(OCC23CO[C@H]([C@H](n4ccc(=O)[nH]c4=O)O2)[C@@H]3OP(OCCC#N)N(C(C)C)C(C)C)(c2ccccc2)c2ccc(OC)cc2)cc1. The maximum Gasteiger partial charge on any atom is 0.330 e. The highest BCUT2D eigenvalue weighted by molar-refractivity contribution is 7.44. The van der Waals surface area contributed by atoms with Crippen LogP contribution in [0.15, 0.2) is 101 Å². The highest BCUT2D eigenvalue weighted by Crippen LogP contribution is 2.56. The minimum absolute atomic E-state index is 0.0276. The lowest BCUT2D eigenvalue weighted by molar-refractivity contribution is -0.203. The van der Waals surface area contributed by atoms with Gasteiger partial charge in [-0.15, -0.1) is 0 Å². The van der Waals surface area contributed by atoms with E-state index in [-0.39, 0.29) is 38.3 Å². The topological polar surface area (TPSA) is 147 Å². The molecule has 1 N–H and O–H groups in total. The molecule has 2 aliphatic heterocycles. The minimum atomic E-state index is -1.76. The van der Waals surface area contributed by atoms with Gasteiger partial charge in [0.15, 0.2) is 6.23 Å². The van der Waals surface area contributed by atoms with Gasteiger partial charge < -0.3 is 32.7 Å². The molecule has 5 atom stereocenters. The summed E-state index contributed by atoms with van der Waals surface area (Å²) in [5.41, 5.74) is -1.13. The number of rotatable bonds is 17. The lowest BCUT2D eigenvalue weighted by Crippen LogP contribution is -2.49. The Morgan fingerprint density at radius 2 is 1.52 bits per heavy atom. The molecule has 2 fully saturated rings. The first-order chi connectivity index (χ1) is 26.1. The van der Waals surface area contributed by atoms with Crippen molar-refractivity contribution in [2.75, 3.05) is 34.0 Å². The Morgan fingerprint density at radius 1 is 0.926 bits per heavy atom. The Balaban J connectivity index is 1.48. The van der Waals surface area contributed by atoms with Crippen LogP contribution >= 0.6 is 8.53 Å². The quantitative estimate of drug-likeness (QED) is 0.0782. The van der Waals surface area contributed by atoms with Crippen LogP contribution < -0.4 is 20.7 Å². The molecule has 0 amide bonds. The van der Waals surface area contributed by atoms with Crippen molar-refractivity contribution in [3.8, 4) is 17.6 Å². The number of aromatic nitrogens is 2. The van der Waals surface area contributed by atoms with Crippen LogP contribution in [0, 0.1) is 11.3 Å². The van der Waals surface area contributed by atoms with Crippen LogP contribution in [0.4, 0.5) is 0 Å². The van der Waals surface area contributed by atoms with Crippen LogP contribution in [0.5, 0.6) is 11.5 Å². The van der Waals surface area contributed by atoms with Crippen LogP contribution in [0.25, 0.3) is 0 Å². The smallest absolute Gasteiger partial charge is 0.330 e. The fraction of sp³-hybridized carbons (Fsp3) is 0.425. The molecule has 0 saturated carbocycles. The number of nitriles is 1. The lowest BCUT2D eigenvalue weighted by atomic mass is 9.79. The monoisotopic (exact) mass is 758 g/mol. The van der Waals surface area contributed by atoms with Crippen LogP contribution in [-0.4, -0.2) is 78.2 Å². The molecule has 0 radical (unpaired) electrons. The molecule has 286 valence electrons. The molecule has 1 aromatic heterocycles. The molecule has 0 spiro atoms. The van der Waals surface area contributed by atoms with E-state index in [0.29, 0.717) is 11.5 Å². The third-order valence-corrected chi connectivity index (χ3v) is 11.8. The molecular formula is C40H47N4O9P. The average molecular weight is 759 g/mol. The number of aromatic amines is 1. The molecule has 54 heavy (non-hydrogen) atoms. The largest absolute Gasteiger partial charge is 0.497 e. The van der Waals surface area contributed by atoms with E-state index >= 15 is 0 Å². The van der Waals surface area contributed by atoms with Gasteiger partial charge in [0.05, 0.1) is 46.5 Å². The molecule has 4 aromatic rings. The van der Waals surface area contributed by atoms with E-state index in [1.807, 2.05) is 78.9 Å². The first kappa shape index (κ1) is 39.3. The summed E-state index contributed by atoms with van der Waals surface area (Å²) in [5, 5.41) is 9.34. The van der Waals surface area contributed by atoms with E-state index in [9.17, 15) is 14.9 Å². The van der Waals surface area contributed by atoms with Crippen molar-refractivity contribution in [3.63, 3.8) is 0 Å². The van der Waals surface area contributed by atoms with Crippen molar-refractivity contribution in [2.24, 2.45) is 0 Å². The number of benzene rings is 3. The van der Waals surface area contributed by atoms with Gasteiger partial charge in [-0.1, -0.05) is 54.6 Å². The molecular weight excluding hydrogens is 711 g/mol. The van der Waals surface area contributed by atoms with Gasteiger partial charge in [-0.05, 0) is 68.7 Å². The number of nitrogens with zero attached hydrogens (tertiary/aromatic N) is 3. The van der Waals surface area contributed by atoms with Gasteiger partial charge in [0.25, 0.3) is 14.1 Å². The Bertz CT molecular complexity index is 1940. The average Bonchev–Trinajstić information content (AvgIpc) is 3.66. The number of H-pyrrole nitrogens is 1. The standard InChI is InChI=1S/C40H47N4O9P/c1-27(2)44(28(3)4)54(51-24-10-22-41)53-36-35-37(43-23-21-34(45)42-38(43)46)52-39(36,25-49-35)26-50-40(29-11-8-7-9-12-29,30-13-17-32(47-5)18-14-30)31-15-19-33(48-6)20-16-31/h7-9,11-21,23,27-28,35-37H,10,24-26H2,1-6H3,(H,42,45,46)/t35-,36-,37+,39?,54?/m0/s1. The second-order valence-corrected chi connectivity index (χ2v) is 15.1. The summed E-state index contributed by atoms with van der Waals surface area (Å²) < 4.78 is 48.5. The van der Waals surface area contributed by atoms with E-state index < -0.39 is 49.4 Å². The van der Waals surface area contributed by atoms with Crippen molar-refractivity contribution in [1.82, 2.24) is 14.2 Å². The number of nitrogens with one attached hydrogen (secondary N) is 1. The third-order valence-electron chi connectivity index (χ3n) is 9.67. The van der Waals surface area contributed by atoms with Crippen LogP contribution in [0.3, 0.4) is 0 Å². The van der Waals surface area contributed by atoms with E-state index in [0.717, 1.165) is 16.7 Å².